The summed E-state index contributed by atoms with van der Waals surface area (Å²) >= 11 is 25.3. The lowest BCUT2D eigenvalue weighted by molar-refractivity contribution is -0.140. The minimum absolute atomic E-state index is 0.0325. The second kappa shape index (κ2) is 13.9. The first-order valence-electron chi connectivity index (χ1n) is 12.4. The van der Waals surface area contributed by atoms with Crippen LogP contribution < -0.4 is 9.62 Å². The van der Waals surface area contributed by atoms with E-state index in [-0.39, 0.29) is 34.6 Å². The molecule has 1 unspecified atom stereocenters. The summed E-state index contributed by atoms with van der Waals surface area (Å²) in [6, 6.07) is 15.8. The zero-order chi connectivity index (χ0) is 29.6. The number of rotatable bonds is 11. The summed E-state index contributed by atoms with van der Waals surface area (Å²) in [5, 5.41) is 3.77. The van der Waals surface area contributed by atoms with Crippen LogP contribution >= 0.6 is 46.4 Å². The molecule has 2 amide bonds. The number of halogens is 4. The Morgan fingerprint density at radius 2 is 1.50 bits per heavy atom. The molecule has 0 fully saturated rings. The van der Waals surface area contributed by atoms with Gasteiger partial charge in [0.05, 0.1) is 15.6 Å². The molecular formula is C28H29Cl4N3O4S. The summed E-state index contributed by atoms with van der Waals surface area (Å²) in [7, 11) is -4.27. The van der Waals surface area contributed by atoms with Crippen molar-refractivity contribution >= 4 is 73.9 Å². The van der Waals surface area contributed by atoms with E-state index in [4.69, 9.17) is 46.4 Å². The predicted octanol–water partition coefficient (Wildman–Crippen LogP) is 6.83. The lowest BCUT2D eigenvalue weighted by Gasteiger charge is -2.34. The minimum atomic E-state index is -4.27. The highest BCUT2D eigenvalue weighted by Crippen LogP contribution is 2.33. The molecule has 3 rings (SSSR count). The van der Waals surface area contributed by atoms with Gasteiger partial charge in [0.15, 0.2) is 0 Å². The molecule has 1 atom stereocenters. The minimum Gasteiger partial charge on any atom is -0.352 e. The standard InChI is InChI=1S/C28H29Cl4N3O4S/c1-4-25(28(37)33-18(2)3)34(16-21-22(30)11-8-12-23(21)31)27(36)17-35(26-14-13-19(29)15-24(26)32)40(38,39)20-9-6-5-7-10-20/h5-15,18,25H,4,16-17H2,1-3H3,(H,33,37). The van der Waals surface area contributed by atoms with Gasteiger partial charge in [-0.25, -0.2) is 8.42 Å². The van der Waals surface area contributed by atoms with E-state index in [1.165, 1.54) is 35.2 Å². The van der Waals surface area contributed by atoms with Crippen LogP contribution in [0.2, 0.25) is 20.1 Å². The van der Waals surface area contributed by atoms with Gasteiger partial charge in [0, 0.05) is 33.2 Å². The van der Waals surface area contributed by atoms with Crippen molar-refractivity contribution in [3.8, 4) is 0 Å². The first kappa shape index (κ1) is 32.0. The summed E-state index contributed by atoms with van der Waals surface area (Å²) in [6.45, 7) is 4.57. The van der Waals surface area contributed by atoms with Crippen LogP contribution in [0.1, 0.15) is 32.8 Å². The van der Waals surface area contributed by atoms with E-state index in [0.717, 1.165) is 4.31 Å². The molecule has 0 aliphatic rings. The number of carbonyl (C=O) groups excluding carboxylic acids is 2. The summed E-state index contributed by atoms with van der Waals surface area (Å²) in [5.74, 6) is -1.05. The number of hydrogen-bond acceptors (Lipinski definition) is 4. The molecule has 0 spiro atoms. The molecule has 0 aliphatic heterocycles. The van der Waals surface area contributed by atoms with Crippen LogP contribution in [0.25, 0.3) is 0 Å². The van der Waals surface area contributed by atoms with Crippen LogP contribution in [-0.2, 0) is 26.2 Å². The molecule has 40 heavy (non-hydrogen) atoms. The fourth-order valence-electron chi connectivity index (χ4n) is 4.07. The first-order chi connectivity index (χ1) is 18.9. The molecule has 0 aliphatic carbocycles. The third-order valence-electron chi connectivity index (χ3n) is 6.00. The number of carbonyl (C=O) groups is 2. The van der Waals surface area contributed by atoms with Crippen LogP contribution in [0.3, 0.4) is 0 Å². The van der Waals surface area contributed by atoms with Crippen molar-refractivity contribution in [1.82, 2.24) is 10.2 Å². The number of nitrogens with zero attached hydrogens (tertiary/aromatic N) is 2. The van der Waals surface area contributed by atoms with Crippen molar-refractivity contribution in [1.29, 1.82) is 0 Å². The number of hydrogen-bond donors (Lipinski definition) is 1. The van der Waals surface area contributed by atoms with Crippen molar-refractivity contribution in [2.75, 3.05) is 10.8 Å². The molecule has 0 saturated heterocycles. The molecule has 12 heteroatoms. The van der Waals surface area contributed by atoms with Gasteiger partial charge in [-0.2, -0.15) is 0 Å². The van der Waals surface area contributed by atoms with Crippen LogP contribution in [0, 0.1) is 0 Å². The summed E-state index contributed by atoms with van der Waals surface area (Å²) in [6.07, 6.45) is 0.250. The van der Waals surface area contributed by atoms with E-state index < -0.39 is 34.4 Å². The zero-order valence-corrected chi connectivity index (χ0v) is 25.9. The van der Waals surface area contributed by atoms with Crippen molar-refractivity contribution in [2.24, 2.45) is 0 Å². The number of amides is 2. The van der Waals surface area contributed by atoms with Crippen molar-refractivity contribution in [2.45, 2.75) is 50.7 Å². The third kappa shape index (κ3) is 7.62. The maximum absolute atomic E-state index is 14.1. The smallest absolute Gasteiger partial charge is 0.264 e. The Hall–Kier alpha value is -2.49. The molecule has 0 aromatic heterocycles. The molecule has 7 nitrogen and oxygen atoms in total. The van der Waals surface area contributed by atoms with Crippen molar-refractivity contribution in [3.05, 3.63) is 92.4 Å². The molecule has 0 heterocycles. The normalized spacial score (nSPS) is 12.2. The predicted molar refractivity (Wildman–Crippen MR) is 162 cm³/mol. The number of benzene rings is 3. The number of nitrogens with one attached hydrogen (secondary N) is 1. The fourth-order valence-corrected chi connectivity index (χ4v) is 6.60. The second-order valence-electron chi connectivity index (χ2n) is 9.23. The molecule has 1 N–H and O–H groups in total. The van der Waals surface area contributed by atoms with Gasteiger partial charge in [0.25, 0.3) is 10.0 Å². The molecule has 214 valence electrons. The van der Waals surface area contributed by atoms with Gasteiger partial charge in [-0.15, -0.1) is 0 Å². The first-order valence-corrected chi connectivity index (χ1v) is 15.4. The van der Waals surface area contributed by atoms with Crippen LogP contribution in [0.15, 0.2) is 71.6 Å². The van der Waals surface area contributed by atoms with Gasteiger partial charge >= 0.3 is 0 Å². The van der Waals surface area contributed by atoms with Gasteiger partial charge in [-0.05, 0) is 62.7 Å². The summed E-state index contributed by atoms with van der Waals surface area (Å²) in [5.41, 5.74) is 0.482. The fraction of sp³-hybridized carbons (Fsp3) is 0.286. The molecule has 3 aromatic carbocycles. The lowest BCUT2D eigenvalue weighted by atomic mass is 10.1. The van der Waals surface area contributed by atoms with Crippen molar-refractivity contribution < 1.29 is 18.0 Å². The summed E-state index contributed by atoms with van der Waals surface area (Å²) in [4.78, 5) is 28.6. The topological polar surface area (TPSA) is 86.8 Å². The van der Waals surface area contributed by atoms with E-state index in [2.05, 4.69) is 5.32 Å². The highest BCUT2D eigenvalue weighted by Gasteiger charge is 2.35. The Kier molecular flexibility index (Phi) is 11.1. The number of sulfonamides is 1. The molecule has 0 radical (unpaired) electrons. The van der Waals surface area contributed by atoms with E-state index >= 15 is 0 Å². The molecule has 3 aromatic rings. The quantitative estimate of drug-likeness (QED) is 0.248. The Labute approximate surface area is 255 Å². The molecule has 0 saturated carbocycles. The highest BCUT2D eigenvalue weighted by molar-refractivity contribution is 7.92. The SMILES string of the molecule is CCC(C(=O)NC(C)C)N(Cc1c(Cl)cccc1Cl)C(=O)CN(c1ccc(Cl)cc1Cl)S(=O)(=O)c1ccccc1. The molecular weight excluding hydrogens is 616 g/mol. The largest absolute Gasteiger partial charge is 0.352 e. The van der Waals surface area contributed by atoms with E-state index in [1.54, 1.807) is 57.2 Å². The zero-order valence-electron chi connectivity index (χ0n) is 22.1. The van der Waals surface area contributed by atoms with E-state index in [1.807, 2.05) is 0 Å². The third-order valence-corrected chi connectivity index (χ3v) is 9.02. The maximum Gasteiger partial charge on any atom is 0.264 e. The Morgan fingerprint density at radius 3 is 2.05 bits per heavy atom. The van der Waals surface area contributed by atoms with Gasteiger partial charge in [0.1, 0.15) is 12.6 Å². The Balaban J connectivity index is 2.13. The highest BCUT2D eigenvalue weighted by atomic mass is 35.5. The van der Waals surface area contributed by atoms with Gasteiger partial charge in [-0.1, -0.05) is 77.6 Å². The van der Waals surface area contributed by atoms with E-state index in [9.17, 15) is 18.0 Å². The van der Waals surface area contributed by atoms with Crippen molar-refractivity contribution in [3.63, 3.8) is 0 Å². The van der Waals surface area contributed by atoms with Gasteiger partial charge in [0.2, 0.25) is 11.8 Å². The molecule has 0 bridgehead atoms. The monoisotopic (exact) mass is 643 g/mol. The van der Waals surface area contributed by atoms with Crippen LogP contribution in [0.4, 0.5) is 5.69 Å². The number of anilines is 1. The Bertz CT molecular complexity index is 1450. The van der Waals surface area contributed by atoms with E-state index in [0.29, 0.717) is 20.6 Å². The average molecular weight is 645 g/mol. The van der Waals surface area contributed by atoms with Crippen LogP contribution in [-0.4, -0.2) is 43.8 Å². The lowest BCUT2D eigenvalue weighted by Crippen LogP contribution is -2.53. The van der Waals surface area contributed by atoms with Crippen LogP contribution in [0.5, 0.6) is 0 Å². The average Bonchev–Trinajstić information content (AvgIpc) is 2.89. The van der Waals surface area contributed by atoms with Gasteiger partial charge in [-0.3, -0.25) is 13.9 Å². The Morgan fingerprint density at radius 1 is 0.875 bits per heavy atom. The maximum atomic E-state index is 14.1. The van der Waals surface area contributed by atoms with Gasteiger partial charge < -0.3 is 10.2 Å². The summed E-state index contributed by atoms with van der Waals surface area (Å²) < 4.78 is 28.6. The second-order valence-corrected chi connectivity index (χ2v) is 12.8.